The number of furan rings is 1. The Morgan fingerprint density at radius 2 is 2.23 bits per heavy atom. The van der Waals surface area contributed by atoms with Gasteiger partial charge in [0.1, 0.15) is 5.15 Å². The van der Waals surface area contributed by atoms with Crippen molar-refractivity contribution in [3.63, 3.8) is 0 Å². The lowest BCUT2D eigenvalue weighted by molar-refractivity contribution is 0.105. The van der Waals surface area contributed by atoms with Gasteiger partial charge in [0.2, 0.25) is 5.71 Å². The van der Waals surface area contributed by atoms with Gasteiger partial charge >= 0.3 is 0 Å². The molecule has 0 unspecified atom stereocenters. The molecule has 0 atom stereocenters. The molecule has 2 rings (SSSR count). The first-order chi connectivity index (χ1) is 6.16. The van der Waals surface area contributed by atoms with Crippen LogP contribution in [-0.2, 0) is 0 Å². The molecule has 66 valence electrons. The molecule has 0 aromatic carbocycles. The van der Waals surface area contributed by atoms with E-state index in [0.717, 1.165) is 0 Å². The van der Waals surface area contributed by atoms with Gasteiger partial charge in [0.05, 0.1) is 0 Å². The molecule has 2 heterocycles. The molecule has 13 heavy (non-hydrogen) atoms. The molecule has 0 radical (unpaired) electrons. The zero-order valence-corrected chi connectivity index (χ0v) is 7.76. The number of carbonyl (C=O) groups is 1. The van der Waals surface area contributed by atoms with E-state index in [1.54, 1.807) is 12.1 Å². The van der Waals surface area contributed by atoms with Gasteiger partial charge in [-0.15, -0.1) is 0 Å². The number of halogens is 2. The summed E-state index contributed by atoms with van der Waals surface area (Å²) in [6, 6.07) is 4.84. The quantitative estimate of drug-likeness (QED) is 0.543. The van der Waals surface area contributed by atoms with Crippen LogP contribution in [0, 0.1) is 0 Å². The van der Waals surface area contributed by atoms with Gasteiger partial charge in [0.15, 0.2) is 5.76 Å². The highest BCUT2D eigenvalue weighted by Crippen LogP contribution is 2.20. The van der Waals surface area contributed by atoms with Crippen LogP contribution in [0.4, 0.5) is 0 Å². The van der Waals surface area contributed by atoms with E-state index < -0.39 is 5.24 Å². The standard InChI is InChI=1S/C8H3Cl2NO2/c9-6-2-1-4-3-5(7(10)12)13-8(4)11-6/h1-3H. The average molecular weight is 216 g/mol. The van der Waals surface area contributed by atoms with Gasteiger partial charge in [0.25, 0.3) is 5.24 Å². The van der Waals surface area contributed by atoms with Crippen molar-refractivity contribution >= 4 is 39.5 Å². The highest BCUT2D eigenvalue weighted by molar-refractivity contribution is 6.67. The number of rotatable bonds is 1. The lowest BCUT2D eigenvalue weighted by Crippen LogP contribution is -1.81. The van der Waals surface area contributed by atoms with Crippen molar-refractivity contribution < 1.29 is 9.21 Å². The number of carbonyl (C=O) groups excluding carboxylic acids is 1. The van der Waals surface area contributed by atoms with Crippen molar-refractivity contribution in [3.8, 4) is 0 Å². The van der Waals surface area contributed by atoms with Crippen LogP contribution in [0.25, 0.3) is 11.1 Å². The summed E-state index contributed by atoms with van der Waals surface area (Å²) in [6.07, 6.45) is 0. The Hall–Kier alpha value is -1.06. The highest BCUT2D eigenvalue weighted by Gasteiger charge is 2.10. The number of aromatic nitrogens is 1. The minimum absolute atomic E-state index is 0.0754. The van der Waals surface area contributed by atoms with Crippen LogP contribution in [0.2, 0.25) is 5.15 Å². The fourth-order valence-electron chi connectivity index (χ4n) is 0.992. The first-order valence-corrected chi connectivity index (χ1v) is 4.18. The molecule has 0 N–H and O–H groups in total. The number of nitrogens with zero attached hydrogens (tertiary/aromatic N) is 1. The summed E-state index contributed by atoms with van der Waals surface area (Å²) >= 11 is 10.8. The summed E-state index contributed by atoms with van der Waals surface area (Å²) in [5.41, 5.74) is 0.316. The molecule has 2 aromatic rings. The number of fused-ring (bicyclic) bond motifs is 1. The minimum Gasteiger partial charge on any atom is -0.433 e. The molecular weight excluding hydrogens is 213 g/mol. The van der Waals surface area contributed by atoms with Gasteiger partial charge < -0.3 is 4.42 Å². The van der Waals surface area contributed by atoms with Crippen LogP contribution in [0.5, 0.6) is 0 Å². The van der Waals surface area contributed by atoms with Gasteiger partial charge in [-0.05, 0) is 29.8 Å². The van der Waals surface area contributed by atoms with E-state index in [1.807, 2.05) is 0 Å². The molecule has 3 nitrogen and oxygen atoms in total. The van der Waals surface area contributed by atoms with Crippen LogP contribution in [0.1, 0.15) is 10.6 Å². The van der Waals surface area contributed by atoms with Gasteiger partial charge in [0, 0.05) is 5.39 Å². The molecule has 0 bridgehead atoms. The number of hydrogen-bond donors (Lipinski definition) is 0. The predicted molar refractivity (Wildman–Crippen MR) is 49.2 cm³/mol. The first kappa shape index (κ1) is 8.53. The van der Waals surface area contributed by atoms with Crippen molar-refractivity contribution in [2.24, 2.45) is 0 Å². The third-order valence-corrected chi connectivity index (χ3v) is 1.94. The maximum atomic E-state index is 10.7. The first-order valence-electron chi connectivity index (χ1n) is 3.43. The number of pyridine rings is 1. The fourth-order valence-corrected chi connectivity index (χ4v) is 1.22. The monoisotopic (exact) mass is 215 g/mol. The largest absolute Gasteiger partial charge is 0.433 e. The molecule has 0 amide bonds. The Morgan fingerprint density at radius 3 is 2.92 bits per heavy atom. The maximum absolute atomic E-state index is 10.7. The molecule has 0 spiro atoms. The zero-order chi connectivity index (χ0) is 9.42. The third kappa shape index (κ3) is 1.53. The Kier molecular flexibility index (Phi) is 1.98. The minimum atomic E-state index is -0.644. The van der Waals surface area contributed by atoms with Crippen molar-refractivity contribution in [2.75, 3.05) is 0 Å². The summed E-state index contributed by atoms with van der Waals surface area (Å²) < 4.78 is 5.03. The van der Waals surface area contributed by atoms with E-state index >= 15 is 0 Å². The fraction of sp³-hybridized carbons (Fsp3) is 0. The van der Waals surface area contributed by atoms with Crippen LogP contribution in [0.3, 0.4) is 0 Å². The van der Waals surface area contributed by atoms with Crippen molar-refractivity contribution in [1.29, 1.82) is 0 Å². The molecular formula is C8H3Cl2NO2. The summed E-state index contributed by atoms with van der Waals surface area (Å²) in [5, 5.41) is 0.373. The molecule has 0 aliphatic rings. The topological polar surface area (TPSA) is 43.1 Å². The third-order valence-electron chi connectivity index (χ3n) is 1.54. The smallest absolute Gasteiger partial charge is 0.287 e. The maximum Gasteiger partial charge on any atom is 0.287 e. The summed E-state index contributed by atoms with van der Waals surface area (Å²) in [7, 11) is 0. The SMILES string of the molecule is O=C(Cl)c1cc2ccc(Cl)nc2o1. The molecule has 5 heteroatoms. The Labute approximate surface area is 83.3 Å². The van der Waals surface area contributed by atoms with Crippen molar-refractivity contribution in [3.05, 3.63) is 29.1 Å². The number of hydrogen-bond acceptors (Lipinski definition) is 3. The van der Waals surface area contributed by atoms with E-state index in [2.05, 4.69) is 4.98 Å². The second-order valence-corrected chi connectivity index (χ2v) is 3.14. The van der Waals surface area contributed by atoms with Crippen LogP contribution >= 0.6 is 23.2 Å². The van der Waals surface area contributed by atoms with Crippen molar-refractivity contribution in [2.45, 2.75) is 0 Å². The normalized spacial score (nSPS) is 10.6. The molecule has 0 saturated carbocycles. The van der Waals surface area contributed by atoms with Crippen LogP contribution < -0.4 is 0 Å². The van der Waals surface area contributed by atoms with E-state index in [-0.39, 0.29) is 5.76 Å². The Bertz CT molecular complexity index is 478. The lowest BCUT2D eigenvalue weighted by atomic mass is 10.3. The molecule has 0 saturated heterocycles. The molecule has 0 aliphatic heterocycles. The van der Waals surface area contributed by atoms with E-state index in [9.17, 15) is 4.79 Å². The average Bonchev–Trinajstić information content (AvgIpc) is 2.46. The summed E-state index contributed by atoms with van der Waals surface area (Å²) in [5.74, 6) is 0.0754. The van der Waals surface area contributed by atoms with E-state index in [1.165, 1.54) is 6.07 Å². The van der Waals surface area contributed by atoms with Gasteiger partial charge in [-0.25, -0.2) is 4.98 Å². The summed E-state index contributed by atoms with van der Waals surface area (Å²) in [4.78, 5) is 14.6. The highest BCUT2D eigenvalue weighted by atomic mass is 35.5. The zero-order valence-electron chi connectivity index (χ0n) is 6.25. The van der Waals surface area contributed by atoms with E-state index in [0.29, 0.717) is 16.3 Å². The second-order valence-electron chi connectivity index (χ2n) is 2.41. The van der Waals surface area contributed by atoms with Gasteiger partial charge in [-0.2, -0.15) is 0 Å². The van der Waals surface area contributed by atoms with E-state index in [4.69, 9.17) is 27.6 Å². The van der Waals surface area contributed by atoms with Gasteiger partial charge in [-0.3, -0.25) is 4.79 Å². The predicted octanol–water partition coefficient (Wildman–Crippen LogP) is 2.86. The summed E-state index contributed by atoms with van der Waals surface area (Å²) in [6.45, 7) is 0. The molecule has 0 fully saturated rings. The lowest BCUT2D eigenvalue weighted by Gasteiger charge is -1.86. The Morgan fingerprint density at radius 1 is 1.46 bits per heavy atom. The Balaban J connectivity index is 2.68. The van der Waals surface area contributed by atoms with Crippen molar-refractivity contribution in [1.82, 2.24) is 4.98 Å². The molecule has 0 aliphatic carbocycles. The van der Waals surface area contributed by atoms with Crippen LogP contribution in [-0.4, -0.2) is 10.2 Å². The molecule has 2 aromatic heterocycles. The van der Waals surface area contributed by atoms with Gasteiger partial charge in [-0.1, -0.05) is 11.6 Å². The second kappa shape index (κ2) is 3.01. The van der Waals surface area contributed by atoms with Crippen LogP contribution in [0.15, 0.2) is 22.6 Å².